The van der Waals surface area contributed by atoms with E-state index in [1.807, 2.05) is 12.1 Å². The molecule has 0 N–H and O–H groups in total. The first-order valence-corrected chi connectivity index (χ1v) is 11.4. The second-order valence-corrected chi connectivity index (χ2v) is 8.96. The number of hydrogen-bond donors (Lipinski definition) is 0. The van der Waals surface area contributed by atoms with E-state index in [0.29, 0.717) is 22.3 Å². The van der Waals surface area contributed by atoms with Crippen LogP contribution in [0.2, 0.25) is 0 Å². The Labute approximate surface area is 200 Å². The van der Waals surface area contributed by atoms with Crippen molar-refractivity contribution >= 4 is 23.5 Å². The lowest BCUT2D eigenvalue weighted by atomic mass is 9.51. The normalized spacial score (nSPS) is 25.6. The molecule has 2 atom stereocenters. The highest BCUT2D eigenvalue weighted by Crippen LogP contribution is 2.64. The first-order chi connectivity index (χ1) is 16.9. The summed E-state index contributed by atoms with van der Waals surface area (Å²) in [7, 11) is 0. The topological polar surface area (TPSA) is 107 Å². The van der Waals surface area contributed by atoms with Crippen LogP contribution in [0.25, 0.3) is 0 Å². The molecule has 35 heavy (non-hydrogen) atoms. The number of carbonyl (C=O) groups excluding carboxylic acids is 3. The SMILES string of the molecule is CCOC(=O)c1cccc(N2C(=O)[C@@H]3C4c5ccccc5C([N+](=O)[O-])(c5ccccc54)[C@H]3C2=O)c1. The standard InChI is InChI=1S/C27H20N2O6/c1-2-35-26(32)15-8-7-9-16(14-15)28-24(30)22-21-17-10-3-5-12-19(17)27(29(33)34,23(22)25(28)31)20-13-6-4-11-18(20)21/h3-14,21-23H,2H2,1H3/t21?,22-,23-,27?/m1/s1. The zero-order chi connectivity index (χ0) is 24.5. The van der Waals surface area contributed by atoms with E-state index in [0.717, 1.165) is 4.90 Å². The molecular formula is C27H20N2O6. The van der Waals surface area contributed by atoms with Gasteiger partial charge in [-0.05, 0) is 36.2 Å². The predicted octanol–water partition coefficient (Wildman–Crippen LogP) is 3.65. The number of carbonyl (C=O) groups is 3. The molecule has 4 aliphatic rings. The Hall–Kier alpha value is -4.33. The van der Waals surface area contributed by atoms with Crippen molar-refractivity contribution in [1.82, 2.24) is 0 Å². The fourth-order valence-corrected chi connectivity index (χ4v) is 6.28. The highest BCUT2D eigenvalue weighted by molar-refractivity contribution is 6.23. The first-order valence-electron chi connectivity index (χ1n) is 11.4. The van der Waals surface area contributed by atoms with Crippen molar-refractivity contribution < 1.29 is 24.0 Å². The minimum atomic E-state index is -1.88. The third kappa shape index (κ3) is 2.53. The molecule has 0 radical (unpaired) electrons. The number of rotatable bonds is 4. The van der Waals surface area contributed by atoms with Gasteiger partial charge in [0.2, 0.25) is 11.8 Å². The molecule has 2 amide bonds. The van der Waals surface area contributed by atoms with Gasteiger partial charge in [0.05, 0.1) is 23.8 Å². The van der Waals surface area contributed by atoms with Crippen LogP contribution in [0.15, 0.2) is 72.8 Å². The van der Waals surface area contributed by atoms with E-state index in [1.54, 1.807) is 55.5 Å². The number of imide groups is 1. The van der Waals surface area contributed by atoms with Gasteiger partial charge in [-0.15, -0.1) is 0 Å². The molecule has 8 heteroatoms. The summed E-state index contributed by atoms with van der Waals surface area (Å²) in [6, 6.07) is 20.1. The van der Waals surface area contributed by atoms with Gasteiger partial charge in [-0.2, -0.15) is 0 Å². The number of benzene rings is 3. The lowest BCUT2D eigenvalue weighted by molar-refractivity contribution is -0.578. The largest absolute Gasteiger partial charge is 0.462 e. The molecule has 1 aliphatic heterocycles. The average molecular weight is 468 g/mol. The van der Waals surface area contributed by atoms with Crippen LogP contribution < -0.4 is 4.90 Å². The summed E-state index contributed by atoms with van der Waals surface area (Å²) in [6.07, 6.45) is 0. The molecule has 3 aromatic carbocycles. The van der Waals surface area contributed by atoms with E-state index < -0.39 is 46.0 Å². The van der Waals surface area contributed by atoms with Crippen molar-refractivity contribution in [2.45, 2.75) is 18.4 Å². The number of hydrogen-bond acceptors (Lipinski definition) is 6. The van der Waals surface area contributed by atoms with Gasteiger partial charge in [-0.25, -0.2) is 9.69 Å². The highest BCUT2D eigenvalue weighted by atomic mass is 16.6. The first kappa shape index (κ1) is 21.2. The van der Waals surface area contributed by atoms with Crippen LogP contribution in [0.5, 0.6) is 0 Å². The third-order valence-electron chi connectivity index (χ3n) is 7.48. The highest BCUT2D eigenvalue weighted by Gasteiger charge is 2.74. The van der Waals surface area contributed by atoms with Gasteiger partial charge in [0, 0.05) is 22.0 Å². The van der Waals surface area contributed by atoms with Crippen LogP contribution in [0.3, 0.4) is 0 Å². The molecule has 1 heterocycles. The van der Waals surface area contributed by atoms with Gasteiger partial charge >= 0.3 is 5.97 Å². The van der Waals surface area contributed by atoms with Crippen LogP contribution in [-0.2, 0) is 19.9 Å². The Morgan fingerprint density at radius 3 is 2.20 bits per heavy atom. The molecule has 2 bridgehead atoms. The maximum Gasteiger partial charge on any atom is 0.338 e. The van der Waals surface area contributed by atoms with Crippen LogP contribution >= 0.6 is 0 Å². The van der Waals surface area contributed by atoms with E-state index >= 15 is 0 Å². The Kier molecular flexibility index (Phi) is 4.45. The molecule has 0 aromatic heterocycles. The number of ether oxygens (including phenoxy) is 1. The van der Waals surface area contributed by atoms with E-state index in [2.05, 4.69) is 0 Å². The number of nitro groups is 1. The van der Waals surface area contributed by atoms with Gasteiger partial charge in [-0.3, -0.25) is 19.7 Å². The molecule has 1 saturated heterocycles. The molecule has 3 aliphatic carbocycles. The van der Waals surface area contributed by atoms with E-state index in [1.165, 1.54) is 12.1 Å². The van der Waals surface area contributed by atoms with Gasteiger partial charge in [0.25, 0.3) is 5.54 Å². The van der Waals surface area contributed by atoms with E-state index in [9.17, 15) is 24.5 Å². The molecule has 0 unspecified atom stereocenters. The minimum absolute atomic E-state index is 0.179. The van der Waals surface area contributed by atoms with Crippen LogP contribution in [0, 0.1) is 22.0 Å². The van der Waals surface area contributed by atoms with Gasteiger partial charge in [0.15, 0.2) is 0 Å². The summed E-state index contributed by atoms with van der Waals surface area (Å²) in [6.45, 7) is 1.86. The van der Waals surface area contributed by atoms with Gasteiger partial charge in [-0.1, -0.05) is 54.6 Å². The smallest absolute Gasteiger partial charge is 0.338 e. The maximum atomic E-state index is 14.0. The van der Waals surface area contributed by atoms with Crippen LogP contribution in [0.1, 0.15) is 45.5 Å². The molecule has 3 aromatic rings. The Morgan fingerprint density at radius 1 is 0.971 bits per heavy atom. The van der Waals surface area contributed by atoms with Crippen molar-refractivity contribution in [3.63, 3.8) is 0 Å². The summed E-state index contributed by atoms with van der Waals surface area (Å²) >= 11 is 0. The predicted molar refractivity (Wildman–Crippen MR) is 124 cm³/mol. The summed E-state index contributed by atoms with van der Waals surface area (Å²) in [5.41, 5.74) is 0.827. The second-order valence-electron chi connectivity index (χ2n) is 8.96. The van der Waals surface area contributed by atoms with Crippen LogP contribution in [-0.4, -0.2) is 29.3 Å². The molecule has 174 valence electrons. The summed E-state index contributed by atoms with van der Waals surface area (Å²) in [5.74, 6) is -4.32. The van der Waals surface area contributed by atoms with Crippen molar-refractivity contribution in [1.29, 1.82) is 0 Å². The fourth-order valence-electron chi connectivity index (χ4n) is 6.28. The van der Waals surface area contributed by atoms with Crippen molar-refractivity contribution in [3.8, 4) is 0 Å². The second kappa shape index (κ2) is 7.33. The zero-order valence-corrected chi connectivity index (χ0v) is 18.7. The number of anilines is 1. The zero-order valence-electron chi connectivity index (χ0n) is 18.7. The summed E-state index contributed by atoms with van der Waals surface area (Å²) < 4.78 is 5.05. The average Bonchev–Trinajstić information content (AvgIpc) is 3.14. The summed E-state index contributed by atoms with van der Waals surface area (Å²) in [4.78, 5) is 53.7. The quantitative estimate of drug-likeness (QED) is 0.250. The van der Waals surface area contributed by atoms with Crippen LogP contribution in [0.4, 0.5) is 5.69 Å². The molecule has 0 saturated carbocycles. The van der Waals surface area contributed by atoms with Crippen molar-refractivity contribution in [3.05, 3.63) is 111 Å². The molecule has 7 rings (SSSR count). The number of esters is 1. The molecular weight excluding hydrogens is 448 g/mol. The third-order valence-corrected chi connectivity index (χ3v) is 7.48. The van der Waals surface area contributed by atoms with E-state index in [-0.39, 0.29) is 17.9 Å². The number of nitrogens with zero attached hydrogens (tertiary/aromatic N) is 2. The summed E-state index contributed by atoms with van der Waals surface area (Å²) in [5, 5.41) is 13.0. The number of amides is 2. The monoisotopic (exact) mass is 468 g/mol. The maximum absolute atomic E-state index is 14.0. The molecule has 0 spiro atoms. The molecule has 1 fully saturated rings. The molecule has 8 nitrogen and oxygen atoms in total. The van der Waals surface area contributed by atoms with Gasteiger partial charge < -0.3 is 4.74 Å². The fraction of sp³-hybridized carbons (Fsp3) is 0.222. The Balaban J connectivity index is 1.57. The van der Waals surface area contributed by atoms with Gasteiger partial charge in [0.1, 0.15) is 5.92 Å². The lowest BCUT2D eigenvalue weighted by Crippen LogP contribution is -2.57. The lowest BCUT2D eigenvalue weighted by Gasteiger charge is -2.48. The van der Waals surface area contributed by atoms with Crippen molar-refractivity contribution in [2.75, 3.05) is 11.5 Å². The minimum Gasteiger partial charge on any atom is -0.462 e. The Bertz CT molecular complexity index is 1400. The Morgan fingerprint density at radius 2 is 1.60 bits per heavy atom. The van der Waals surface area contributed by atoms with Crippen molar-refractivity contribution in [2.24, 2.45) is 11.8 Å². The van der Waals surface area contributed by atoms with E-state index in [4.69, 9.17) is 4.74 Å².